The Labute approximate surface area is 147 Å². The van der Waals surface area contributed by atoms with Crippen LogP contribution in [0.15, 0.2) is 29.1 Å². The number of aromatic nitrogens is 2. The van der Waals surface area contributed by atoms with Crippen LogP contribution >= 0.6 is 0 Å². The van der Waals surface area contributed by atoms with E-state index in [1.807, 2.05) is 6.07 Å². The summed E-state index contributed by atoms with van der Waals surface area (Å²) in [6.45, 7) is 4.25. The highest BCUT2D eigenvalue weighted by atomic mass is 16.5. The maximum Gasteiger partial charge on any atom is 0.278 e. The molecule has 2 atom stereocenters. The molecule has 1 amide bonds. The topological polar surface area (TPSA) is 75.3 Å². The molecule has 1 aliphatic rings. The maximum atomic E-state index is 13.0. The third-order valence-corrected chi connectivity index (χ3v) is 6.01. The first kappa shape index (κ1) is 17.6. The van der Waals surface area contributed by atoms with Gasteiger partial charge in [-0.2, -0.15) is 5.10 Å². The summed E-state index contributed by atoms with van der Waals surface area (Å²) in [5.74, 6) is -0.335. The van der Waals surface area contributed by atoms with E-state index >= 15 is 0 Å². The van der Waals surface area contributed by atoms with Crippen molar-refractivity contribution in [3.63, 3.8) is 0 Å². The molecule has 25 heavy (non-hydrogen) atoms. The molecule has 0 saturated heterocycles. The first-order chi connectivity index (χ1) is 12.0. The van der Waals surface area contributed by atoms with Crippen molar-refractivity contribution in [3.05, 3.63) is 40.2 Å². The smallest absolute Gasteiger partial charge is 0.278 e. The predicted molar refractivity (Wildman–Crippen MR) is 96.7 cm³/mol. The van der Waals surface area contributed by atoms with E-state index in [1.54, 1.807) is 37.3 Å². The Morgan fingerprint density at radius 3 is 2.68 bits per heavy atom. The van der Waals surface area contributed by atoms with Gasteiger partial charge < -0.3 is 9.64 Å². The van der Waals surface area contributed by atoms with Crippen molar-refractivity contribution >= 4 is 16.8 Å². The van der Waals surface area contributed by atoms with Crippen molar-refractivity contribution < 1.29 is 9.53 Å². The minimum absolute atomic E-state index is 0.0487. The number of nitrogens with zero attached hydrogens (tertiary/aromatic N) is 2. The van der Waals surface area contributed by atoms with Gasteiger partial charge in [-0.3, -0.25) is 14.7 Å². The van der Waals surface area contributed by atoms with E-state index in [4.69, 9.17) is 4.74 Å². The summed E-state index contributed by atoms with van der Waals surface area (Å²) in [4.78, 5) is 27.3. The number of carbonyl (C=O) groups excluding carboxylic acids is 1. The van der Waals surface area contributed by atoms with Crippen LogP contribution in [0.2, 0.25) is 0 Å². The standard InChI is InChI=1S/C19H25N3O3/c1-5-19(6-2)14(11-15(19)25-4)22(3)18(24)16-17(23)12-9-7-8-10-13(12)20-21-16/h7-10,14-15H,5-6,11H2,1-4H3,(H,20,23)/t14-,15+/m0/s1. The SMILES string of the molecule is CCC1(CC)[C@@H](N(C)C(=O)c2n[nH]c3ccccc3c2=O)C[C@H]1OC. The van der Waals surface area contributed by atoms with Gasteiger partial charge in [-0.1, -0.05) is 26.0 Å². The lowest BCUT2D eigenvalue weighted by molar-refractivity contribution is -0.147. The van der Waals surface area contributed by atoms with Crippen molar-refractivity contribution in [1.82, 2.24) is 15.1 Å². The summed E-state index contributed by atoms with van der Waals surface area (Å²) in [5, 5.41) is 7.35. The van der Waals surface area contributed by atoms with E-state index in [0.717, 1.165) is 19.3 Å². The van der Waals surface area contributed by atoms with Gasteiger partial charge in [-0.25, -0.2) is 0 Å². The molecule has 1 N–H and O–H groups in total. The van der Waals surface area contributed by atoms with Crippen molar-refractivity contribution in [3.8, 4) is 0 Å². The van der Waals surface area contributed by atoms with Crippen LogP contribution in [-0.2, 0) is 4.74 Å². The highest BCUT2D eigenvalue weighted by Crippen LogP contribution is 2.51. The van der Waals surface area contributed by atoms with Crippen LogP contribution in [0, 0.1) is 5.41 Å². The average molecular weight is 343 g/mol. The fourth-order valence-electron chi connectivity index (χ4n) is 4.30. The monoisotopic (exact) mass is 343 g/mol. The van der Waals surface area contributed by atoms with E-state index < -0.39 is 0 Å². The first-order valence-corrected chi connectivity index (χ1v) is 8.77. The molecule has 1 fully saturated rings. The second-order valence-electron chi connectivity index (χ2n) is 6.78. The van der Waals surface area contributed by atoms with E-state index in [1.165, 1.54) is 0 Å². The van der Waals surface area contributed by atoms with Crippen LogP contribution in [0.3, 0.4) is 0 Å². The van der Waals surface area contributed by atoms with Crippen molar-refractivity contribution in [2.24, 2.45) is 5.41 Å². The molecule has 1 aromatic carbocycles. The van der Waals surface area contributed by atoms with Gasteiger partial charge in [0, 0.05) is 31.0 Å². The lowest BCUT2D eigenvalue weighted by Gasteiger charge is -2.57. The zero-order valence-corrected chi connectivity index (χ0v) is 15.2. The van der Waals surface area contributed by atoms with Crippen LogP contribution in [-0.4, -0.2) is 47.3 Å². The molecule has 1 aromatic heterocycles. The minimum atomic E-state index is -0.335. The third kappa shape index (κ3) is 2.56. The number of methoxy groups -OCH3 is 1. The summed E-state index contributed by atoms with van der Waals surface area (Å²) < 4.78 is 5.61. The number of nitrogens with one attached hydrogen (secondary N) is 1. The number of benzene rings is 1. The van der Waals surface area contributed by atoms with Crippen molar-refractivity contribution in [1.29, 1.82) is 0 Å². The Bertz CT molecular complexity index is 841. The van der Waals surface area contributed by atoms with Crippen LogP contribution in [0.1, 0.15) is 43.6 Å². The molecule has 0 unspecified atom stereocenters. The third-order valence-electron chi connectivity index (χ3n) is 6.01. The Kier molecular flexibility index (Phi) is 4.64. The maximum absolute atomic E-state index is 13.0. The largest absolute Gasteiger partial charge is 0.381 e. The van der Waals surface area contributed by atoms with Crippen LogP contribution in [0.5, 0.6) is 0 Å². The Morgan fingerprint density at radius 1 is 1.36 bits per heavy atom. The molecule has 1 saturated carbocycles. The van der Waals surface area contributed by atoms with Gasteiger partial charge in [0.15, 0.2) is 5.69 Å². The zero-order valence-electron chi connectivity index (χ0n) is 15.2. The minimum Gasteiger partial charge on any atom is -0.381 e. The van der Waals surface area contributed by atoms with Gasteiger partial charge in [0.1, 0.15) is 0 Å². The Morgan fingerprint density at radius 2 is 2.04 bits per heavy atom. The van der Waals surface area contributed by atoms with Gasteiger partial charge >= 0.3 is 0 Å². The summed E-state index contributed by atoms with van der Waals surface area (Å²) in [5.41, 5.74) is 0.185. The fourth-order valence-corrected chi connectivity index (χ4v) is 4.30. The van der Waals surface area contributed by atoms with E-state index in [9.17, 15) is 9.59 Å². The van der Waals surface area contributed by atoms with Crippen LogP contribution in [0.25, 0.3) is 10.9 Å². The number of fused-ring (bicyclic) bond motifs is 1. The Balaban J connectivity index is 1.94. The summed E-state index contributed by atoms with van der Waals surface area (Å²) >= 11 is 0. The molecule has 134 valence electrons. The van der Waals surface area contributed by atoms with Gasteiger partial charge in [-0.05, 0) is 31.4 Å². The lowest BCUT2D eigenvalue weighted by Crippen LogP contribution is -2.64. The van der Waals surface area contributed by atoms with Gasteiger partial charge in [0.2, 0.25) is 5.43 Å². The van der Waals surface area contributed by atoms with Gasteiger partial charge in [0.05, 0.1) is 11.6 Å². The molecular weight excluding hydrogens is 318 g/mol. The molecule has 1 heterocycles. The molecule has 6 heteroatoms. The molecule has 6 nitrogen and oxygen atoms in total. The number of aromatic amines is 1. The fraction of sp³-hybridized carbons (Fsp3) is 0.526. The average Bonchev–Trinajstić information content (AvgIpc) is 2.62. The number of para-hydroxylation sites is 1. The van der Waals surface area contributed by atoms with E-state index in [-0.39, 0.29) is 34.6 Å². The molecule has 0 aliphatic heterocycles. The normalized spacial score (nSPS) is 21.8. The summed E-state index contributed by atoms with van der Waals surface area (Å²) in [6.07, 6.45) is 2.77. The molecular formula is C19H25N3O3. The van der Waals surface area contributed by atoms with E-state index in [0.29, 0.717) is 10.9 Å². The molecule has 1 aliphatic carbocycles. The molecule has 0 spiro atoms. The quantitative estimate of drug-likeness (QED) is 0.905. The first-order valence-electron chi connectivity index (χ1n) is 8.77. The number of carbonyl (C=O) groups is 1. The van der Waals surface area contributed by atoms with Crippen LogP contribution < -0.4 is 5.43 Å². The number of hydrogen-bond donors (Lipinski definition) is 1. The summed E-state index contributed by atoms with van der Waals surface area (Å²) in [6, 6.07) is 7.13. The van der Waals surface area contributed by atoms with Crippen LogP contribution in [0.4, 0.5) is 0 Å². The molecule has 2 aromatic rings. The number of H-pyrrole nitrogens is 1. The predicted octanol–water partition coefficient (Wildman–Crippen LogP) is 2.59. The highest BCUT2D eigenvalue weighted by Gasteiger charge is 2.55. The molecule has 0 radical (unpaired) electrons. The summed E-state index contributed by atoms with van der Waals surface area (Å²) in [7, 11) is 3.48. The van der Waals surface area contributed by atoms with Gasteiger partial charge in [0.25, 0.3) is 5.91 Å². The lowest BCUT2D eigenvalue weighted by atomic mass is 9.58. The number of amides is 1. The van der Waals surface area contributed by atoms with Crippen molar-refractivity contribution in [2.45, 2.75) is 45.3 Å². The van der Waals surface area contributed by atoms with Crippen molar-refractivity contribution in [2.75, 3.05) is 14.2 Å². The molecule has 3 rings (SSSR count). The van der Waals surface area contributed by atoms with E-state index in [2.05, 4.69) is 24.0 Å². The Hall–Kier alpha value is -2.21. The number of rotatable bonds is 5. The zero-order chi connectivity index (χ0) is 18.2. The number of ether oxygens (including phenoxy) is 1. The van der Waals surface area contributed by atoms with Gasteiger partial charge in [-0.15, -0.1) is 0 Å². The highest BCUT2D eigenvalue weighted by molar-refractivity contribution is 5.95. The molecule has 0 bridgehead atoms. The second-order valence-corrected chi connectivity index (χ2v) is 6.78. The number of hydrogen-bond acceptors (Lipinski definition) is 4. The second kappa shape index (κ2) is 6.59.